The predicted octanol–water partition coefficient (Wildman–Crippen LogP) is 22.9. The van der Waals surface area contributed by atoms with Gasteiger partial charge in [0.25, 0.3) is 0 Å². The van der Waals surface area contributed by atoms with Crippen molar-refractivity contribution in [3.63, 3.8) is 0 Å². The van der Waals surface area contributed by atoms with Crippen LogP contribution in [0.2, 0.25) is 0 Å². The Kier molecular flexibility index (Phi) is 66.4. The first kappa shape index (κ1) is 76.3. The number of allylic oxidation sites excluding steroid dienone is 3. The summed E-state index contributed by atoms with van der Waals surface area (Å²) in [5, 5.41) is 23.2. The van der Waals surface area contributed by atoms with Crippen molar-refractivity contribution in [2.24, 2.45) is 0 Å². The molecule has 0 aromatic heterocycles. The van der Waals surface area contributed by atoms with Gasteiger partial charge in [0.2, 0.25) is 5.91 Å². The summed E-state index contributed by atoms with van der Waals surface area (Å²) in [6.07, 6.45) is 85.5. The fourth-order valence-electron chi connectivity index (χ4n) is 11.3. The van der Waals surface area contributed by atoms with Crippen molar-refractivity contribution in [2.45, 2.75) is 411 Å². The predicted molar refractivity (Wildman–Crippen MR) is 343 cm³/mol. The van der Waals surface area contributed by atoms with Crippen LogP contribution >= 0.6 is 0 Å². The minimum atomic E-state index is -0.842. The molecule has 0 spiro atoms. The fourth-order valence-corrected chi connectivity index (χ4v) is 11.3. The van der Waals surface area contributed by atoms with Gasteiger partial charge >= 0.3 is 5.97 Å². The van der Waals surface area contributed by atoms with Crippen molar-refractivity contribution in [1.82, 2.24) is 5.32 Å². The van der Waals surface area contributed by atoms with Crippen molar-refractivity contribution in [3.8, 4) is 0 Å². The summed E-state index contributed by atoms with van der Waals surface area (Å²) >= 11 is 0. The van der Waals surface area contributed by atoms with Gasteiger partial charge in [-0.3, -0.25) is 9.59 Å². The number of aliphatic hydroxyl groups is 2. The number of amides is 1. The van der Waals surface area contributed by atoms with E-state index in [1.165, 1.54) is 334 Å². The first-order valence-electron chi connectivity index (χ1n) is 35.6. The average molecular weight is 1100 g/mol. The summed E-state index contributed by atoms with van der Waals surface area (Å²) < 4.78 is 5.48. The summed E-state index contributed by atoms with van der Waals surface area (Å²) in [6.45, 7) is 4.94. The van der Waals surface area contributed by atoms with E-state index in [9.17, 15) is 19.8 Å². The molecule has 0 bridgehead atoms. The number of ether oxygens (including phenoxy) is 1. The quantitative estimate of drug-likeness (QED) is 0.0320. The second kappa shape index (κ2) is 67.8. The molecule has 0 aromatic carbocycles. The zero-order valence-corrected chi connectivity index (χ0v) is 52.9. The summed E-state index contributed by atoms with van der Waals surface area (Å²) in [5.41, 5.74) is 0. The van der Waals surface area contributed by atoms with Gasteiger partial charge in [0.05, 0.1) is 25.4 Å². The second-order valence-corrected chi connectivity index (χ2v) is 24.6. The average Bonchev–Trinajstić information content (AvgIpc) is 3.44. The Balaban J connectivity index is 3.37. The minimum absolute atomic E-state index is 0.0187. The van der Waals surface area contributed by atoms with Gasteiger partial charge in [-0.15, -0.1) is 0 Å². The van der Waals surface area contributed by atoms with Gasteiger partial charge in [0.15, 0.2) is 0 Å². The number of rotatable bonds is 67. The number of hydrogen-bond acceptors (Lipinski definition) is 5. The molecule has 0 heterocycles. The Labute approximate surface area is 488 Å². The normalized spacial score (nSPS) is 12.6. The van der Waals surface area contributed by atoms with E-state index < -0.39 is 12.1 Å². The van der Waals surface area contributed by atoms with E-state index in [2.05, 4.69) is 31.3 Å². The minimum Gasteiger partial charge on any atom is -0.466 e. The Morgan fingerprint density at radius 2 is 0.603 bits per heavy atom. The maximum atomic E-state index is 12.5. The molecule has 0 rings (SSSR count). The molecule has 1 amide bonds. The molecular weight excluding hydrogens is 959 g/mol. The van der Waals surface area contributed by atoms with Gasteiger partial charge in [-0.05, 0) is 57.8 Å². The van der Waals surface area contributed by atoms with Crippen molar-refractivity contribution >= 4 is 11.9 Å². The molecule has 0 radical (unpaired) electrons. The molecule has 6 heteroatoms. The maximum absolute atomic E-state index is 12.5. The van der Waals surface area contributed by atoms with Crippen molar-refractivity contribution in [1.29, 1.82) is 0 Å². The Bertz CT molecular complexity index is 1220. The van der Waals surface area contributed by atoms with Gasteiger partial charge in [-0.2, -0.15) is 0 Å². The smallest absolute Gasteiger partial charge is 0.305 e. The van der Waals surface area contributed by atoms with E-state index in [-0.39, 0.29) is 18.5 Å². The standard InChI is InChI=1S/C72H139NO5/c1-3-5-7-9-11-13-15-16-17-35-38-41-45-48-52-56-60-64-70(75)69(68-74)73-71(76)65-61-57-53-49-46-42-39-36-33-31-29-27-25-23-21-19-18-20-22-24-26-28-30-32-34-37-40-43-47-51-55-59-63-67-78-72(77)66-62-58-54-50-44-14-12-10-8-6-4-2/h22,24,60,64,69-70,74-75H,3-21,23,25-59,61-63,65-68H2,1-2H3,(H,73,76)/b24-22-,64-60+. The third-order valence-electron chi connectivity index (χ3n) is 16.7. The largest absolute Gasteiger partial charge is 0.466 e. The first-order valence-corrected chi connectivity index (χ1v) is 35.6. The van der Waals surface area contributed by atoms with E-state index >= 15 is 0 Å². The van der Waals surface area contributed by atoms with Gasteiger partial charge in [-0.1, -0.05) is 353 Å². The number of unbranched alkanes of at least 4 members (excludes halogenated alkanes) is 54. The topological polar surface area (TPSA) is 95.9 Å². The first-order chi connectivity index (χ1) is 38.5. The number of esters is 1. The van der Waals surface area contributed by atoms with Gasteiger partial charge in [0.1, 0.15) is 0 Å². The summed E-state index contributed by atoms with van der Waals surface area (Å²) in [6, 6.07) is -0.625. The highest BCUT2D eigenvalue weighted by Crippen LogP contribution is 2.19. The van der Waals surface area contributed by atoms with Crippen LogP contribution in [0.1, 0.15) is 399 Å². The fraction of sp³-hybridized carbons (Fsp3) is 0.917. The summed E-state index contributed by atoms with van der Waals surface area (Å²) in [5.74, 6) is -0.0429. The zero-order valence-electron chi connectivity index (χ0n) is 52.9. The highest BCUT2D eigenvalue weighted by atomic mass is 16.5. The monoisotopic (exact) mass is 1100 g/mol. The van der Waals surface area contributed by atoms with Crippen LogP contribution < -0.4 is 5.32 Å². The highest BCUT2D eigenvalue weighted by molar-refractivity contribution is 5.76. The molecule has 0 aliphatic carbocycles. The van der Waals surface area contributed by atoms with Crippen LogP contribution in [0.25, 0.3) is 0 Å². The van der Waals surface area contributed by atoms with Crippen molar-refractivity contribution in [2.75, 3.05) is 13.2 Å². The van der Waals surface area contributed by atoms with E-state index in [1.807, 2.05) is 6.08 Å². The molecular formula is C72H139NO5. The van der Waals surface area contributed by atoms with Crippen LogP contribution in [0.3, 0.4) is 0 Å². The number of carbonyl (C=O) groups excluding carboxylic acids is 2. The SMILES string of the molecule is CCCCCCCCCCCCCCCCC/C=C/C(O)C(CO)NC(=O)CCCCCCCCCCCCCCCCCCC/C=C\CCCCCCCCCCCCCCOC(=O)CCCCCCCCCCCCC. The number of hydrogen-bond donors (Lipinski definition) is 3. The molecule has 3 N–H and O–H groups in total. The van der Waals surface area contributed by atoms with Gasteiger partial charge < -0.3 is 20.3 Å². The zero-order chi connectivity index (χ0) is 56.4. The number of nitrogens with one attached hydrogen (secondary N) is 1. The maximum Gasteiger partial charge on any atom is 0.305 e. The molecule has 0 aliphatic rings. The molecule has 6 nitrogen and oxygen atoms in total. The molecule has 2 atom stereocenters. The Morgan fingerprint density at radius 3 is 0.910 bits per heavy atom. The summed E-state index contributed by atoms with van der Waals surface area (Å²) in [7, 11) is 0. The molecule has 0 fully saturated rings. The molecule has 0 aromatic rings. The highest BCUT2D eigenvalue weighted by Gasteiger charge is 2.18. The lowest BCUT2D eigenvalue weighted by molar-refractivity contribution is -0.143. The lowest BCUT2D eigenvalue weighted by Crippen LogP contribution is -2.45. The summed E-state index contributed by atoms with van der Waals surface area (Å²) in [4.78, 5) is 24.5. The van der Waals surface area contributed by atoms with E-state index in [0.717, 1.165) is 38.5 Å². The van der Waals surface area contributed by atoms with Crippen molar-refractivity contribution in [3.05, 3.63) is 24.3 Å². The van der Waals surface area contributed by atoms with E-state index in [0.29, 0.717) is 19.4 Å². The van der Waals surface area contributed by atoms with E-state index in [4.69, 9.17) is 4.74 Å². The molecule has 462 valence electrons. The number of carbonyl (C=O) groups is 2. The molecule has 0 aliphatic heterocycles. The third-order valence-corrected chi connectivity index (χ3v) is 16.7. The van der Waals surface area contributed by atoms with Crippen LogP contribution in [0.15, 0.2) is 24.3 Å². The van der Waals surface area contributed by atoms with E-state index in [1.54, 1.807) is 6.08 Å². The molecule has 0 saturated heterocycles. The Hall–Kier alpha value is -1.66. The van der Waals surface area contributed by atoms with Crippen LogP contribution in [-0.2, 0) is 14.3 Å². The van der Waals surface area contributed by atoms with Crippen LogP contribution in [0.4, 0.5) is 0 Å². The molecule has 0 saturated carbocycles. The van der Waals surface area contributed by atoms with Gasteiger partial charge in [0, 0.05) is 12.8 Å². The van der Waals surface area contributed by atoms with Crippen molar-refractivity contribution < 1.29 is 24.5 Å². The molecule has 2 unspecified atom stereocenters. The van der Waals surface area contributed by atoms with Crippen LogP contribution in [0.5, 0.6) is 0 Å². The molecule has 78 heavy (non-hydrogen) atoms. The van der Waals surface area contributed by atoms with Crippen LogP contribution in [-0.4, -0.2) is 47.4 Å². The van der Waals surface area contributed by atoms with Gasteiger partial charge in [-0.25, -0.2) is 0 Å². The third kappa shape index (κ3) is 63.5. The lowest BCUT2D eigenvalue weighted by Gasteiger charge is -2.20. The Morgan fingerprint density at radius 1 is 0.346 bits per heavy atom. The second-order valence-electron chi connectivity index (χ2n) is 24.6. The lowest BCUT2D eigenvalue weighted by atomic mass is 10.0. The number of aliphatic hydroxyl groups excluding tert-OH is 2. The van der Waals surface area contributed by atoms with Crippen LogP contribution in [0, 0.1) is 0 Å².